The zero-order valence-corrected chi connectivity index (χ0v) is 11.0. The van der Waals surface area contributed by atoms with Gasteiger partial charge in [-0.1, -0.05) is 24.3 Å². The largest absolute Gasteiger partial charge is 0.479 e. The van der Waals surface area contributed by atoms with Crippen LogP contribution in [0.15, 0.2) is 24.3 Å². The summed E-state index contributed by atoms with van der Waals surface area (Å²) in [6, 6.07) is 7.71. The van der Waals surface area contributed by atoms with Gasteiger partial charge in [0, 0.05) is 6.04 Å². The summed E-state index contributed by atoms with van der Waals surface area (Å²) in [7, 11) is 0. The monoisotopic (exact) mass is 278 g/mol. The zero-order chi connectivity index (χ0) is 14.5. The third-order valence-corrected chi connectivity index (χ3v) is 3.42. The van der Waals surface area contributed by atoms with Gasteiger partial charge in [-0.3, -0.25) is 0 Å². The van der Waals surface area contributed by atoms with E-state index in [1.54, 1.807) is 0 Å². The number of rotatable bonds is 4. The third-order valence-electron chi connectivity index (χ3n) is 3.42. The van der Waals surface area contributed by atoms with Gasteiger partial charge in [-0.25, -0.2) is 9.59 Å². The van der Waals surface area contributed by atoms with Crippen molar-refractivity contribution in [1.29, 1.82) is 0 Å². The molecule has 1 aliphatic rings. The van der Waals surface area contributed by atoms with Crippen molar-refractivity contribution in [2.75, 3.05) is 6.54 Å². The predicted octanol–water partition coefficient (Wildman–Crippen LogP) is 0.289. The average Bonchev–Trinajstić information content (AvgIpc) is 2.44. The Labute approximate surface area is 116 Å². The first-order valence-electron chi connectivity index (χ1n) is 6.58. The highest BCUT2D eigenvalue weighted by Crippen LogP contribution is 2.20. The van der Waals surface area contributed by atoms with Gasteiger partial charge in [-0.05, 0) is 30.4 Å². The maximum Gasteiger partial charge on any atom is 0.334 e. The summed E-state index contributed by atoms with van der Waals surface area (Å²) in [5.41, 5.74) is 2.54. The number of hydrogen-bond donors (Lipinski definition) is 4. The van der Waals surface area contributed by atoms with Gasteiger partial charge in [0.1, 0.15) is 0 Å². The number of aryl methyl sites for hydroxylation is 1. The van der Waals surface area contributed by atoms with E-state index in [0.29, 0.717) is 0 Å². The number of amides is 2. The van der Waals surface area contributed by atoms with E-state index < -0.39 is 18.1 Å². The van der Waals surface area contributed by atoms with Crippen LogP contribution in [0.1, 0.15) is 17.5 Å². The second kappa shape index (κ2) is 6.38. The highest BCUT2D eigenvalue weighted by molar-refractivity contribution is 5.76. The van der Waals surface area contributed by atoms with Crippen LogP contribution < -0.4 is 10.6 Å². The molecular formula is C14H18N2O4. The van der Waals surface area contributed by atoms with E-state index >= 15 is 0 Å². The van der Waals surface area contributed by atoms with Gasteiger partial charge in [0.05, 0.1) is 6.54 Å². The molecule has 20 heavy (non-hydrogen) atoms. The summed E-state index contributed by atoms with van der Waals surface area (Å²) in [4.78, 5) is 22.0. The Morgan fingerprint density at radius 2 is 2.00 bits per heavy atom. The van der Waals surface area contributed by atoms with Gasteiger partial charge in [-0.2, -0.15) is 0 Å². The van der Waals surface area contributed by atoms with Gasteiger partial charge < -0.3 is 20.8 Å². The van der Waals surface area contributed by atoms with Crippen LogP contribution >= 0.6 is 0 Å². The molecule has 2 rings (SSSR count). The zero-order valence-electron chi connectivity index (χ0n) is 11.0. The van der Waals surface area contributed by atoms with Crippen LogP contribution in [0.5, 0.6) is 0 Å². The Morgan fingerprint density at radius 3 is 2.70 bits per heavy atom. The number of fused-ring (bicyclic) bond motifs is 1. The predicted molar refractivity (Wildman–Crippen MR) is 72.4 cm³/mol. The van der Waals surface area contributed by atoms with Gasteiger partial charge in [0.15, 0.2) is 6.10 Å². The van der Waals surface area contributed by atoms with Gasteiger partial charge in [0.25, 0.3) is 0 Å². The van der Waals surface area contributed by atoms with Gasteiger partial charge in [0.2, 0.25) is 0 Å². The highest BCUT2D eigenvalue weighted by atomic mass is 16.4. The smallest absolute Gasteiger partial charge is 0.334 e. The van der Waals surface area contributed by atoms with Crippen molar-refractivity contribution in [3.05, 3.63) is 35.4 Å². The normalized spacial score (nSPS) is 18.8. The van der Waals surface area contributed by atoms with Crippen LogP contribution in [-0.2, 0) is 17.6 Å². The first-order chi connectivity index (χ1) is 9.56. The summed E-state index contributed by atoms with van der Waals surface area (Å²) in [5, 5.41) is 22.7. The summed E-state index contributed by atoms with van der Waals surface area (Å²) in [6.07, 6.45) is 0.961. The van der Waals surface area contributed by atoms with Crippen molar-refractivity contribution < 1.29 is 19.8 Å². The van der Waals surface area contributed by atoms with Crippen molar-refractivity contribution in [2.45, 2.75) is 31.4 Å². The minimum absolute atomic E-state index is 0.0341. The van der Waals surface area contributed by atoms with E-state index in [9.17, 15) is 9.59 Å². The number of carboxylic acid groups (broad SMARTS) is 1. The molecule has 4 N–H and O–H groups in total. The van der Waals surface area contributed by atoms with Crippen LogP contribution in [-0.4, -0.2) is 40.9 Å². The molecule has 0 saturated carbocycles. The number of urea groups is 1. The lowest BCUT2D eigenvalue weighted by Crippen LogP contribution is -2.47. The Kier molecular flexibility index (Phi) is 4.57. The van der Waals surface area contributed by atoms with Crippen molar-refractivity contribution in [2.24, 2.45) is 0 Å². The Morgan fingerprint density at radius 1 is 1.30 bits per heavy atom. The standard InChI is InChI=1S/C14H18N2O4/c17-12(13(18)19)8-15-14(20)16-11-6-5-9-3-1-2-4-10(9)7-11/h1-4,11-12,17H,5-8H2,(H,18,19)(H2,15,16,20)/t11?,12-/m0/s1. The average molecular weight is 278 g/mol. The molecule has 6 nitrogen and oxygen atoms in total. The number of carboxylic acids is 1. The Hall–Kier alpha value is -2.08. The van der Waals surface area contributed by atoms with E-state index in [4.69, 9.17) is 10.2 Å². The molecule has 0 spiro atoms. The summed E-state index contributed by atoms with van der Waals surface area (Å²) < 4.78 is 0. The Bertz CT molecular complexity index is 504. The quantitative estimate of drug-likeness (QED) is 0.636. The number of benzene rings is 1. The molecule has 1 aromatic rings. The molecule has 1 unspecified atom stereocenters. The molecule has 0 fully saturated rings. The topological polar surface area (TPSA) is 98.7 Å². The van der Waals surface area contributed by atoms with E-state index in [1.165, 1.54) is 11.1 Å². The summed E-state index contributed by atoms with van der Waals surface area (Å²) in [5.74, 6) is -1.35. The number of aliphatic hydroxyl groups excluding tert-OH is 1. The minimum atomic E-state index is -1.58. The highest BCUT2D eigenvalue weighted by Gasteiger charge is 2.20. The fraction of sp³-hybridized carbons (Fsp3) is 0.429. The fourth-order valence-electron chi connectivity index (χ4n) is 2.33. The molecule has 6 heteroatoms. The lowest BCUT2D eigenvalue weighted by Gasteiger charge is -2.25. The number of aliphatic carboxylic acids is 1. The number of carbonyl (C=O) groups is 2. The molecule has 0 radical (unpaired) electrons. The number of aliphatic hydroxyl groups is 1. The van der Waals surface area contributed by atoms with Crippen molar-refractivity contribution in [3.8, 4) is 0 Å². The molecule has 2 amide bonds. The molecule has 2 atom stereocenters. The molecule has 0 bridgehead atoms. The number of nitrogens with one attached hydrogen (secondary N) is 2. The fourth-order valence-corrected chi connectivity index (χ4v) is 2.33. The maximum atomic E-state index is 11.6. The minimum Gasteiger partial charge on any atom is -0.479 e. The van der Waals surface area contributed by atoms with Crippen LogP contribution in [0.4, 0.5) is 4.79 Å². The number of carbonyl (C=O) groups excluding carboxylic acids is 1. The van der Waals surface area contributed by atoms with E-state index in [1.807, 2.05) is 12.1 Å². The van der Waals surface area contributed by atoms with Crippen LogP contribution in [0.25, 0.3) is 0 Å². The van der Waals surface area contributed by atoms with Gasteiger partial charge in [-0.15, -0.1) is 0 Å². The third kappa shape index (κ3) is 3.71. The molecule has 0 aromatic heterocycles. The van der Waals surface area contributed by atoms with E-state index in [-0.39, 0.29) is 12.6 Å². The molecular weight excluding hydrogens is 260 g/mol. The van der Waals surface area contributed by atoms with Crippen molar-refractivity contribution in [1.82, 2.24) is 10.6 Å². The number of hydrogen-bond acceptors (Lipinski definition) is 3. The van der Waals surface area contributed by atoms with Crippen LogP contribution in [0.3, 0.4) is 0 Å². The molecule has 1 aromatic carbocycles. The van der Waals surface area contributed by atoms with Crippen LogP contribution in [0.2, 0.25) is 0 Å². The first-order valence-corrected chi connectivity index (χ1v) is 6.58. The Balaban J connectivity index is 1.80. The summed E-state index contributed by atoms with van der Waals surface area (Å²) >= 11 is 0. The second-order valence-electron chi connectivity index (χ2n) is 4.92. The molecule has 108 valence electrons. The van der Waals surface area contributed by atoms with Crippen LogP contribution in [0, 0.1) is 0 Å². The lowest BCUT2D eigenvalue weighted by atomic mass is 9.88. The molecule has 0 saturated heterocycles. The molecule has 0 aliphatic heterocycles. The van der Waals surface area contributed by atoms with Crippen molar-refractivity contribution in [3.63, 3.8) is 0 Å². The molecule has 1 aliphatic carbocycles. The SMILES string of the molecule is O=C(NC[C@H](O)C(=O)O)NC1CCc2ccccc2C1. The van der Waals surface area contributed by atoms with Gasteiger partial charge >= 0.3 is 12.0 Å². The van der Waals surface area contributed by atoms with Crippen molar-refractivity contribution >= 4 is 12.0 Å². The molecule has 0 heterocycles. The maximum absolute atomic E-state index is 11.6. The van der Waals surface area contributed by atoms with E-state index in [0.717, 1.165) is 19.3 Å². The summed E-state index contributed by atoms with van der Waals surface area (Å²) in [6.45, 7) is -0.301. The first kappa shape index (κ1) is 14.3. The second-order valence-corrected chi connectivity index (χ2v) is 4.92. The lowest BCUT2D eigenvalue weighted by molar-refractivity contribution is -0.146. The van der Waals surface area contributed by atoms with E-state index in [2.05, 4.69) is 22.8 Å².